The van der Waals surface area contributed by atoms with Crippen LogP contribution in [0.25, 0.3) is 6.08 Å². The van der Waals surface area contributed by atoms with Crippen LogP contribution >= 0.6 is 31.9 Å². The van der Waals surface area contributed by atoms with Crippen molar-refractivity contribution in [1.82, 2.24) is 5.32 Å². The van der Waals surface area contributed by atoms with Crippen LogP contribution in [0, 0.1) is 0 Å². The Balaban J connectivity index is 2.76. The lowest BCUT2D eigenvalue weighted by Crippen LogP contribution is -2.29. The summed E-state index contributed by atoms with van der Waals surface area (Å²) in [4.78, 5) is 22.0. The van der Waals surface area contributed by atoms with E-state index in [4.69, 9.17) is 9.84 Å². The Morgan fingerprint density at radius 1 is 1.33 bits per heavy atom. The molecule has 0 unspecified atom stereocenters. The first kappa shape index (κ1) is 17.7. The molecule has 5 nitrogen and oxygen atoms in total. The first-order chi connectivity index (χ1) is 9.93. The number of carboxylic acids is 1. The summed E-state index contributed by atoms with van der Waals surface area (Å²) >= 11 is 6.68. The predicted octanol–water partition coefficient (Wildman–Crippen LogP) is 3.21. The third-order valence-corrected chi connectivity index (χ3v) is 3.54. The van der Waals surface area contributed by atoms with Crippen molar-refractivity contribution in [2.24, 2.45) is 0 Å². The zero-order valence-electron chi connectivity index (χ0n) is 11.4. The van der Waals surface area contributed by atoms with Crippen molar-refractivity contribution in [3.05, 3.63) is 32.7 Å². The van der Waals surface area contributed by atoms with Gasteiger partial charge in [0.25, 0.3) is 5.91 Å². The SMILES string of the molecule is CCCNC(=O)COc1c(Br)cc(/C=C/C(=O)O)cc1Br. The fraction of sp³-hybridized carbons (Fsp3) is 0.286. The molecule has 0 saturated carbocycles. The molecule has 2 N–H and O–H groups in total. The maximum Gasteiger partial charge on any atom is 0.328 e. The van der Waals surface area contributed by atoms with Crippen molar-refractivity contribution in [3.63, 3.8) is 0 Å². The molecule has 1 aromatic carbocycles. The van der Waals surface area contributed by atoms with Crippen LogP contribution in [0.5, 0.6) is 5.75 Å². The van der Waals surface area contributed by atoms with Gasteiger partial charge in [-0.1, -0.05) is 6.92 Å². The van der Waals surface area contributed by atoms with Crippen LogP contribution in [0.15, 0.2) is 27.2 Å². The van der Waals surface area contributed by atoms with E-state index in [0.29, 0.717) is 26.8 Å². The van der Waals surface area contributed by atoms with E-state index in [-0.39, 0.29) is 12.5 Å². The highest BCUT2D eigenvalue weighted by Crippen LogP contribution is 2.35. The largest absolute Gasteiger partial charge is 0.481 e. The molecule has 0 aliphatic rings. The summed E-state index contributed by atoms with van der Waals surface area (Å²) in [5.41, 5.74) is 0.693. The molecule has 0 heterocycles. The molecule has 0 spiro atoms. The maximum absolute atomic E-state index is 11.5. The summed E-state index contributed by atoms with van der Waals surface area (Å²) in [5, 5.41) is 11.3. The molecular formula is C14H15Br2NO4. The van der Waals surface area contributed by atoms with Crippen LogP contribution < -0.4 is 10.1 Å². The molecule has 0 aliphatic carbocycles. The van der Waals surface area contributed by atoms with Crippen molar-refractivity contribution in [3.8, 4) is 5.75 Å². The number of ether oxygens (including phenoxy) is 1. The molecule has 0 aromatic heterocycles. The van der Waals surface area contributed by atoms with Crippen LogP contribution in [0.3, 0.4) is 0 Å². The third kappa shape index (κ3) is 6.31. The van der Waals surface area contributed by atoms with E-state index in [2.05, 4.69) is 37.2 Å². The molecule has 0 radical (unpaired) electrons. The van der Waals surface area contributed by atoms with Gasteiger partial charge >= 0.3 is 5.97 Å². The van der Waals surface area contributed by atoms with Crippen LogP contribution in [-0.2, 0) is 9.59 Å². The van der Waals surface area contributed by atoms with Gasteiger partial charge in [-0.05, 0) is 62.1 Å². The van der Waals surface area contributed by atoms with E-state index < -0.39 is 5.97 Å². The normalized spacial score (nSPS) is 10.6. The summed E-state index contributed by atoms with van der Waals surface area (Å²) < 4.78 is 6.72. The van der Waals surface area contributed by atoms with Crippen molar-refractivity contribution in [1.29, 1.82) is 0 Å². The Morgan fingerprint density at radius 2 is 1.95 bits per heavy atom. The summed E-state index contributed by atoms with van der Waals surface area (Å²) in [6, 6.07) is 3.42. The molecule has 1 rings (SSSR count). The summed E-state index contributed by atoms with van der Waals surface area (Å²) in [6.07, 6.45) is 3.38. The zero-order valence-corrected chi connectivity index (χ0v) is 14.5. The number of rotatable bonds is 7. The van der Waals surface area contributed by atoms with Gasteiger partial charge in [0.1, 0.15) is 5.75 Å². The molecule has 7 heteroatoms. The highest BCUT2D eigenvalue weighted by Gasteiger charge is 2.10. The van der Waals surface area contributed by atoms with Gasteiger partial charge < -0.3 is 15.2 Å². The number of nitrogens with one attached hydrogen (secondary N) is 1. The molecule has 1 aromatic rings. The molecule has 0 atom stereocenters. The smallest absolute Gasteiger partial charge is 0.328 e. The molecule has 0 bridgehead atoms. The zero-order chi connectivity index (χ0) is 15.8. The third-order valence-electron chi connectivity index (χ3n) is 2.36. The van der Waals surface area contributed by atoms with E-state index in [1.165, 1.54) is 6.08 Å². The monoisotopic (exact) mass is 419 g/mol. The number of hydrogen-bond donors (Lipinski definition) is 2. The van der Waals surface area contributed by atoms with Crippen molar-refractivity contribution in [2.45, 2.75) is 13.3 Å². The number of carbonyl (C=O) groups excluding carboxylic acids is 1. The van der Waals surface area contributed by atoms with Crippen molar-refractivity contribution < 1.29 is 19.4 Å². The van der Waals surface area contributed by atoms with Crippen LogP contribution in [-0.4, -0.2) is 30.1 Å². The predicted molar refractivity (Wildman–Crippen MR) is 87.3 cm³/mol. The van der Waals surface area contributed by atoms with Gasteiger partial charge in [0.15, 0.2) is 6.61 Å². The number of benzene rings is 1. The van der Waals surface area contributed by atoms with Gasteiger partial charge in [-0.3, -0.25) is 4.79 Å². The van der Waals surface area contributed by atoms with Gasteiger partial charge in [0.2, 0.25) is 0 Å². The molecular weight excluding hydrogens is 406 g/mol. The average Bonchev–Trinajstić information content (AvgIpc) is 2.41. The first-order valence-corrected chi connectivity index (χ1v) is 7.82. The van der Waals surface area contributed by atoms with E-state index >= 15 is 0 Å². The topological polar surface area (TPSA) is 75.6 Å². The fourth-order valence-electron chi connectivity index (χ4n) is 1.43. The average molecular weight is 421 g/mol. The minimum atomic E-state index is -1.02. The molecule has 114 valence electrons. The number of amides is 1. The Bertz CT molecular complexity index is 535. The number of carboxylic acid groups (broad SMARTS) is 1. The Kier molecular flexibility index (Phi) is 7.45. The van der Waals surface area contributed by atoms with Crippen molar-refractivity contribution in [2.75, 3.05) is 13.2 Å². The van der Waals surface area contributed by atoms with E-state index in [0.717, 1.165) is 12.5 Å². The lowest BCUT2D eigenvalue weighted by Gasteiger charge is -2.11. The Hall–Kier alpha value is -1.34. The second-order valence-electron chi connectivity index (χ2n) is 4.12. The Morgan fingerprint density at radius 3 is 2.48 bits per heavy atom. The molecule has 0 aliphatic heterocycles. The summed E-state index contributed by atoms with van der Waals surface area (Å²) in [7, 11) is 0. The van der Waals surface area contributed by atoms with Gasteiger partial charge in [-0.2, -0.15) is 0 Å². The molecule has 1 amide bonds. The van der Waals surface area contributed by atoms with Gasteiger partial charge in [0, 0.05) is 12.6 Å². The number of halogens is 2. The highest BCUT2D eigenvalue weighted by molar-refractivity contribution is 9.11. The molecule has 0 saturated heterocycles. The van der Waals surface area contributed by atoms with Gasteiger partial charge in [-0.25, -0.2) is 4.79 Å². The number of hydrogen-bond acceptors (Lipinski definition) is 3. The van der Waals surface area contributed by atoms with Gasteiger partial charge in [0.05, 0.1) is 8.95 Å². The lowest BCUT2D eigenvalue weighted by molar-refractivity contribution is -0.131. The van der Waals surface area contributed by atoms with Crippen molar-refractivity contribution >= 4 is 49.8 Å². The second kappa shape index (κ2) is 8.84. The quantitative estimate of drug-likeness (QED) is 0.664. The van der Waals surface area contributed by atoms with E-state index in [9.17, 15) is 9.59 Å². The number of carbonyl (C=O) groups is 2. The van der Waals surface area contributed by atoms with Crippen LogP contribution in [0.4, 0.5) is 0 Å². The first-order valence-electron chi connectivity index (χ1n) is 6.23. The van der Waals surface area contributed by atoms with E-state index in [1.807, 2.05) is 6.92 Å². The van der Waals surface area contributed by atoms with Crippen LogP contribution in [0.1, 0.15) is 18.9 Å². The lowest BCUT2D eigenvalue weighted by atomic mass is 10.2. The van der Waals surface area contributed by atoms with Gasteiger partial charge in [-0.15, -0.1) is 0 Å². The van der Waals surface area contributed by atoms with Crippen LogP contribution in [0.2, 0.25) is 0 Å². The number of aliphatic carboxylic acids is 1. The molecule has 0 fully saturated rings. The maximum atomic E-state index is 11.5. The summed E-state index contributed by atoms with van der Waals surface area (Å²) in [5.74, 6) is -0.713. The Labute approximate surface area is 139 Å². The minimum Gasteiger partial charge on any atom is -0.481 e. The van der Waals surface area contributed by atoms with E-state index in [1.54, 1.807) is 12.1 Å². The molecule has 21 heavy (non-hydrogen) atoms. The summed E-state index contributed by atoms with van der Waals surface area (Å²) in [6.45, 7) is 2.50. The highest BCUT2D eigenvalue weighted by atomic mass is 79.9. The second-order valence-corrected chi connectivity index (χ2v) is 5.83. The fourth-order valence-corrected chi connectivity index (χ4v) is 2.89. The minimum absolute atomic E-state index is 0.0818. The standard InChI is InChI=1S/C14H15Br2NO4/c1-2-5-17-12(18)8-21-14-10(15)6-9(7-11(14)16)3-4-13(19)20/h3-4,6-7H,2,5,8H2,1H3,(H,17,18)(H,19,20)/b4-3+.